The minimum atomic E-state index is -0.441. The van der Waals surface area contributed by atoms with Gasteiger partial charge in [-0.25, -0.2) is 0 Å². The molecular weight excluding hydrogens is 256 g/mol. The molecule has 0 spiro atoms. The van der Waals surface area contributed by atoms with Crippen molar-refractivity contribution in [2.75, 3.05) is 13.2 Å². The minimum Gasteiger partial charge on any atom is -0.482 e. The summed E-state index contributed by atoms with van der Waals surface area (Å²) in [5, 5.41) is 20.8. The molecule has 0 heterocycles. The highest BCUT2D eigenvalue weighted by molar-refractivity contribution is 5.78. The van der Waals surface area contributed by atoms with Gasteiger partial charge in [-0.15, -0.1) is 0 Å². The standard InChI is InChI=1S/C15H20N2O3/c1-3-15(2,8-9-18)17-14(19)11-20-13-7-5-4-6-12(13)10-16/h4-7,18H,3,8-9,11H2,1-2H3,(H,17,19). The van der Waals surface area contributed by atoms with E-state index in [9.17, 15) is 4.79 Å². The van der Waals surface area contributed by atoms with Crippen LogP contribution in [0.2, 0.25) is 0 Å². The second kappa shape index (κ2) is 7.51. The molecule has 0 bridgehead atoms. The normalized spacial score (nSPS) is 13.1. The third-order valence-electron chi connectivity index (χ3n) is 3.25. The highest BCUT2D eigenvalue weighted by Crippen LogP contribution is 2.17. The molecule has 20 heavy (non-hydrogen) atoms. The van der Waals surface area contributed by atoms with Gasteiger partial charge in [-0.3, -0.25) is 4.79 Å². The Bertz CT molecular complexity index is 496. The SMILES string of the molecule is CCC(C)(CCO)NC(=O)COc1ccccc1C#N. The van der Waals surface area contributed by atoms with Gasteiger partial charge in [0.15, 0.2) is 6.61 Å². The maximum atomic E-state index is 11.9. The summed E-state index contributed by atoms with van der Waals surface area (Å²) in [6, 6.07) is 8.78. The molecule has 1 aromatic rings. The van der Waals surface area contributed by atoms with Gasteiger partial charge in [0.1, 0.15) is 11.8 Å². The Morgan fingerprint density at radius 2 is 2.20 bits per heavy atom. The Morgan fingerprint density at radius 1 is 1.50 bits per heavy atom. The lowest BCUT2D eigenvalue weighted by atomic mass is 9.95. The molecule has 1 amide bonds. The number of aliphatic hydroxyl groups is 1. The summed E-state index contributed by atoms with van der Waals surface area (Å²) >= 11 is 0. The van der Waals surface area contributed by atoms with E-state index in [0.717, 1.165) is 0 Å². The minimum absolute atomic E-state index is 0.0166. The van der Waals surface area contributed by atoms with Crippen molar-refractivity contribution in [3.8, 4) is 11.8 Å². The van der Waals surface area contributed by atoms with Gasteiger partial charge < -0.3 is 15.2 Å². The predicted octanol–water partition coefficient (Wildman–Crippen LogP) is 1.60. The van der Waals surface area contributed by atoms with Crippen LogP contribution in [0.1, 0.15) is 32.3 Å². The number of aliphatic hydroxyl groups excluding tert-OH is 1. The van der Waals surface area contributed by atoms with Crippen LogP contribution in [0, 0.1) is 11.3 Å². The lowest BCUT2D eigenvalue weighted by Crippen LogP contribution is -2.47. The van der Waals surface area contributed by atoms with E-state index in [1.165, 1.54) is 0 Å². The van der Waals surface area contributed by atoms with Crippen LogP contribution in [-0.4, -0.2) is 29.8 Å². The Labute approximate surface area is 119 Å². The summed E-state index contributed by atoms with van der Waals surface area (Å²) in [5.74, 6) is 0.126. The topological polar surface area (TPSA) is 82.3 Å². The molecule has 0 aliphatic rings. The van der Waals surface area contributed by atoms with Crippen molar-refractivity contribution in [2.45, 2.75) is 32.2 Å². The predicted molar refractivity (Wildman–Crippen MR) is 75.2 cm³/mol. The van der Waals surface area contributed by atoms with E-state index in [1.807, 2.05) is 19.9 Å². The van der Waals surface area contributed by atoms with Gasteiger partial charge in [0, 0.05) is 12.1 Å². The summed E-state index contributed by atoms with van der Waals surface area (Å²) in [5.41, 5.74) is -0.0434. The molecule has 0 fully saturated rings. The van der Waals surface area contributed by atoms with E-state index in [1.54, 1.807) is 24.3 Å². The van der Waals surface area contributed by atoms with Crippen LogP contribution in [0.25, 0.3) is 0 Å². The van der Waals surface area contributed by atoms with Crippen LogP contribution in [-0.2, 0) is 4.79 Å². The number of hydrogen-bond donors (Lipinski definition) is 2. The zero-order valence-electron chi connectivity index (χ0n) is 11.8. The Balaban J connectivity index is 2.57. The van der Waals surface area contributed by atoms with Crippen molar-refractivity contribution in [3.05, 3.63) is 29.8 Å². The second-order valence-corrected chi connectivity index (χ2v) is 4.83. The van der Waals surface area contributed by atoms with Crippen molar-refractivity contribution in [1.82, 2.24) is 5.32 Å². The lowest BCUT2D eigenvalue weighted by molar-refractivity contribution is -0.125. The van der Waals surface area contributed by atoms with Gasteiger partial charge in [-0.1, -0.05) is 19.1 Å². The van der Waals surface area contributed by atoms with Crippen LogP contribution in [0.4, 0.5) is 0 Å². The molecule has 0 radical (unpaired) electrons. The van der Waals surface area contributed by atoms with Gasteiger partial charge in [-0.05, 0) is 31.9 Å². The molecule has 0 aliphatic carbocycles. The van der Waals surface area contributed by atoms with Crippen LogP contribution >= 0.6 is 0 Å². The first-order chi connectivity index (χ1) is 9.54. The zero-order valence-corrected chi connectivity index (χ0v) is 11.8. The molecule has 1 atom stereocenters. The Kier molecular flexibility index (Phi) is 6.01. The van der Waals surface area contributed by atoms with Crippen LogP contribution < -0.4 is 10.1 Å². The zero-order chi connectivity index (χ0) is 15.0. The number of carbonyl (C=O) groups is 1. The number of carbonyl (C=O) groups excluding carboxylic acids is 1. The fraction of sp³-hybridized carbons (Fsp3) is 0.467. The fourth-order valence-electron chi connectivity index (χ4n) is 1.78. The molecule has 1 aromatic carbocycles. The number of nitrogens with zero attached hydrogens (tertiary/aromatic N) is 1. The van der Waals surface area contributed by atoms with E-state index >= 15 is 0 Å². The number of nitrogens with one attached hydrogen (secondary N) is 1. The van der Waals surface area contributed by atoms with Crippen molar-refractivity contribution in [2.24, 2.45) is 0 Å². The Morgan fingerprint density at radius 3 is 2.80 bits per heavy atom. The van der Waals surface area contributed by atoms with Crippen LogP contribution in [0.3, 0.4) is 0 Å². The van der Waals surface area contributed by atoms with Crippen LogP contribution in [0.5, 0.6) is 5.75 Å². The van der Waals surface area contributed by atoms with Crippen molar-refractivity contribution in [3.63, 3.8) is 0 Å². The van der Waals surface area contributed by atoms with Crippen molar-refractivity contribution >= 4 is 5.91 Å². The van der Waals surface area contributed by atoms with Gasteiger partial charge in [0.05, 0.1) is 5.56 Å². The smallest absolute Gasteiger partial charge is 0.258 e. The van der Waals surface area contributed by atoms with E-state index in [2.05, 4.69) is 5.32 Å². The lowest BCUT2D eigenvalue weighted by Gasteiger charge is -2.28. The highest BCUT2D eigenvalue weighted by atomic mass is 16.5. The molecule has 0 saturated carbocycles. The molecule has 108 valence electrons. The average molecular weight is 276 g/mol. The van der Waals surface area contributed by atoms with E-state index in [-0.39, 0.29) is 19.1 Å². The van der Waals surface area contributed by atoms with E-state index < -0.39 is 5.54 Å². The summed E-state index contributed by atoms with van der Waals surface area (Å²) in [6.45, 7) is 3.69. The van der Waals surface area contributed by atoms with Crippen LogP contribution in [0.15, 0.2) is 24.3 Å². The maximum absolute atomic E-state index is 11.9. The summed E-state index contributed by atoms with van der Waals surface area (Å²) < 4.78 is 5.36. The first-order valence-corrected chi connectivity index (χ1v) is 6.58. The van der Waals surface area contributed by atoms with E-state index in [0.29, 0.717) is 24.2 Å². The van der Waals surface area contributed by atoms with Crippen molar-refractivity contribution < 1.29 is 14.6 Å². The number of ether oxygens (including phenoxy) is 1. The van der Waals surface area contributed by atoms with Gasteiger partial charge in [0.2, 0.25) is 0 Å². The van der Waals surface area contributed by atoms with Gasteiger partial charge >= 0.3 is 0 Å². The second-order valence-electron chi connectivity index (χ2n) is 4.83. The number of amides is 1. The first-order valence-electron chi connectivity index (χ1n) is 6.58. The monoisotopic (exact) mass is 276 g/mol. The maximum Gasteiger partial charge on any atom is 0.258 e. The molecule has 0 saturated heterocycles. The third-order valence-corrected chi connectivity index (χ3v) is 3.25. The molecule has 1 unspecified atom stereocenters. The largest absolute Gasteiger partial charge is 0.482 e. The third kappa shape index (κ3) is 4.56. The molecule has 1 rings (SSSR count). The molecular formula is C15H20N2O3. The van der Waals surface area contributed by atoms with E-state index in [4.69, 9.17) is 15.1 Å². The first kappa shape index (κ1) is 16.0. The molecule has 5 nitrogen and oxygen atoms in total. The highest BCUT2D eigenvalue weighted by Gasteiger charge is 2.23. The van der Waals surface area contributed by atoms with Gasteiger partial charge in [0.25, 0.3) is 5.91 Å². The number of para-hydroxylation sites is 1. The number of rotatable bonds is 7. The Hall–Kier alpha value is -2.06. The van der Waals surface area contributed by atoms with Crippen molar-refractivity contribution in [1.29, 1.82) is 5.26 Å². The number of nitriles is 1. The fourth-order valence-corrected chi connectivity index (χ4v) is 1.78. The molecule has 5 heteroatoms. The quantitative estimate of drug-likeness (QED) is 0.792. The number of benzene rings is 1. The number of hydrogen-bond acceptors (Lipinski definition) is 4. The molecule has 0 aromatic heterocycles. The summed E-state index contributed by atoms with van der Waals surface area (Å²) in [4.78, 5) is 11.9. The van der Waals surface area contributed by atoms with Gasteiger partial charge in [-0.2, -0.15) is 5.26 Å². The molecule has 0 aliphatic heterocycles. The summed E-state index contributed by atoms with van der Waals surface area (Å²) in [7, 11) is 0. The molecule has 2 N–H and O–H groups in total. The summed E-state index contributed by atoms with van der Waals surface area (Å²) in [6.07, 6.45) is 1.21. The average Bonchev–Trinajstić information content (AvgIpc) is 2.45.